The lowest BCUT2D eigenvalue weighted by Gasteiger charge is -2.18. The Morgan fingerprint density at radius 3 is 2.74 bits per heavy atom. The van der Waals surface area contributed by atoms with E-state index < -0.39 is 48.9 Å². The first-order valence-corrected chi connectivity index (χ1v) is 9.70. The summed E-state index contributed by atoms with van der Waals surface area (Å²) in [6, 6.07) is 4.97. The summed E-state index contributed by atoms with van der Waals surface area (Å²) in [6.07, 6.45) is -4.45. The molecule has 4 heterocycles. The van der Waals surface area contributed by atoms with E-state index in [-0.39, 0.29) is 34.7 Å². The molecule has 0 radical (unpaired) electrons. The summed E-state index contributed by atoms with van der Waals surface area (Å²) in [6.45, 7) is -0.346. The molecular formula is C19H16ClF2N3O6. The summed E-state index contributed by atoms with van der Waals surface area (Å²) < 4.78 is 49.4. The summed E-state index contributed by atoms with van der Waals surface area (Å²) >= 11 is 6.17. The van der Waals surface area contributed by atoms with Crippen LogP contribution in [-0.4, -0.2) is 62.5 Å². The second-order valence-corrected chi connectivity index (χ2v) is 7.52. The summed E-state index contributed by atoms with van der Waals surface area (Å²) in [7, 11) is 0. The van der Waals surface area contributed by atoms with Crippen molar-refractivity contribution in [2.24, 2.45) is 0 Å². The van der Waals surface area contributed by atoms with Gasteiger partial charge in [-0.2, -0.15) is 9.97 Å². The molecule has 3 aromatic rings. The van der Waals surface area contributed by atoms with Crippen LogP contribution in [0.3, 0.4) is 0 Å². The van der Waals surface area contributed by atoms with Gasteiger partial charge in [0, 0.05) is 0 Å². The minimum Gasteiger partial charge on any atom is -0.471 e. The first kappa shape index (κ1) is 20.3. The van der Waals surface area contributed by atoms with Crippen LogP contribution in [0, 0.1) is 11.6 Å². The predicted molar refractivity (Wildman–Crippen MR) is 101 cm³/mol. The Hall–Kier alpha value is -2.57. The molecule has 0 bridgehead atoms. The minimum absolute atomic E-state index is 0.00848. The monoisotopic (exact) mass is 455 g/mol. The number of hydrogen-bond donors (Lipinski definition) is 3. The van der Waals surface area contributed by atoms with Crippen LogP contribution in [0.25, 0.3) is 11.2 Å². The highest BCUT2D eigenvalue weighted by Gasteiger charge is 2.53. The van der Waals surface area contributed by atoms with E-state index in [1.165, 1.54) is 12.1 Å². The molecule has 5 rings (SSSR count). The Morgan fingerprint density at radius 1 is 1.19 bits per heavy atom. The molecular weight excluding hydrogens is 440 g/mol. The van der Waals surface area contributed by atoms with E-state index in [1.807, 2.05) is 0 Å². The number of aliphatic hydroxyl groups is 2. The number of fused-ring (bicyclic) bond motifs is 2. The number of hydrogen-bond acceptors (Lipinski definition) is 8. The number of nitrogens with one attached hydrogen (secondary N) is 1. The number of rotatable bonds is 5. The van der Waals surface area contributed by atoms with Crippen molar-refractivity contribution in [3.63, 3.8) is 0 Å². The Bertz CT molecular complexity index is 1110. The van der Waals surface area contributed by atoms with E-state index in [1.54, 1.807) is 0 Å². The Labute approximate surface area is 178 Å². The lowest BCUT2D eigenvalue weighted by molar-refractivity contribution is -0.144. The molecule has 0 saturated carbocycles. The van der Waals surface area contributed by atoms with Crippen LogP contribution in [0.15, 0.2) is 24.3 Å². The van der Waals surface area contributed by atoms with Crippen molar-refractivity contribution < 1.29 is 37.9 Å². The molecule has 0 aliphatic carbocycles. The maximum atomic E-state index is 13.8. The predicted octanol–water partition coefficient (Wildman–Crippen LogP) is 1.69. The van der Waals surface area contributed by atoms with E-state index in [2.05, 4.69) is 15.0 Å². The topological polar surface area (TPSA) is 119 Å². The number of nitrogens with zero attached hydrogens (tertiary/aromatic N) is 2. The summed E-state index contributed by atoms with van der Waals surface area (Å²) in [5, 5.41) is 20.0. The quantitative estimate of drug-likeness (QED) is 0.532. The van der Waals surface area contributed by atoms with Gasteiger partial charge in [0.25, 0.3) is 6.01 Å². The molecule has 164 valence electrons. The Balaban J connectivity index is 1.35. The highest BCUT2D eigenvalue weighted by atomic mass is 35.5. The molecule has 2 saturated heterocycles. The number of H-pyrrole nitrogens is 1. The number of aliphatic hydroxyl groups excluding tert-OH is 2. The molecule has 0 amide bonds. The Kier molecular flexibility index (Phi) is 5.15. The number of benzene rings is 1. The van der Waals surface area contributed by atoms with Crippen molar-refractivity contribution in [2.45, 2.75) is 37.3 Å². The summed E-state index contributed by atoms with van der Waals surface area (Å²) in [4.78, 5) is 11.2. The number of aromatic amines is 1. The van der Waals surface area contributed by atoms with Gasteiger partial charge in [-0.25, -0.2) is 8.78 Å². The second kappa shape index (κ2) is 7.84. The van der Waals surface area contributed by atoms with Gasteiger partial charge in [0.15, 0.2) is 18.0 Å². The molecule has 12 heteroatoms. The van der Waals surface area contributed by atoms with Gasteiger partial charge in [0.2, 0.25) is 5.88 Å². The molecule has 2 aliphatic heterocycles. The minimum atomic E-state index is -1.32. The van der Waals surface area contributed by atoms with Crippen LogP contribution < -0.4 is 9.47 Å². The van der Waals surface area contributed by atoms with Crippen LogP contribution in [-0.2, 0) is 16.1 Å². The van der Waals surface area contributed by atoms with Crippen LogP contribution >= 0.6 is 11.6 Å². The molecule has 9 nitrogen and oxygen atoms in total. The number of pyridine rings is 1. The normalized spacial score (nSPS) is 27.6. The third-order valence-electron chi connectivity index (χ3n) is 5.10. The van der Waals surface area contributed by atoms with Gasteiger partial charge in [-0.1, -0.05) is 17.7 Å². The van der Waals surface area contributed by atoms with Gasteiger partial charge in [-0.3, -0.25) is 0 Å². The Morgan fingerprint density at radius 2 is 1.97 bits per heavy atom. The van der Waals surface area contributed by atoms with Gasteiger partial charge < -0.3 is 34.1 Å². The summed E-state index contributed by atoms with van der Waals surface area (Å²) in [5.41, 5.74) is 0.317. The number of halogens is 3. The third-order valence-corrected chi connectivity index (χ3v) is 5.37. The lowest BCUT2D eigenvalue weighted by Crippen LogP contribution is -2.37. The van der Waals surface area contributed by atoms with E-state index in [0.717, 1.165) is 12.1 Å². The molecule has 2 unspecified atom stereocenters. The number of ether oxygens (including phenoxy) is 4. The van der Waals surface area contributed by atoms with Crippen molar-refractivity contribution in [3.05, 3.63) is 46.5 Å². The zero-order valence-electron chi connectivity index (χ0n) is 15.7. The van der Waals surface area contributed by atoms with E-state index in [0.29, 0.717) is 5.52 Å². The van der Waals surface area contributed by atoms with Gasteiger partial charge in [0.1, 0.15) is 41.6 Å². The molecule has 5 atom stereocenters. The molecule has 2 fully saturated rings. The SMILES string of the molecule is OC1OC2[C@H](O)CO[C@@H]2[C@@H]1Oc1nc2nc(OCc3c(F)cccc3F)c(Cl)cc2[nH]1. The molecule has 3 N–H and O–H groups in total. The second-order valence-electron chi connectivity index (χ2n) is 7.12. The van der Waals surface area contributed by atoms with Crippen LogP contribution in [0.2, 0.25) is 5.02 Å². The fourth-order valence-electron chi connectivity index (χ4n) is 3.57. The van der Waals surface area contributed by atoms with Gasteiger partial charge in [0.05, 0.1) is 17.7 Å². The fraction of sp³-hybridized carbons (Fsp3) is 0.368. The maximum absolute atomic E-state index is 13.8. The highest BCUT2D eigenvalue weighted by molar-refractivity contribution is 6.32. The largest absolute Gasteiger partial charge is 0.471 e. The summed E-state index contributed by atoms with van der Waals surface area (Å²) in [5.74, 6) is -1.56. The number of aromatic nitrogens is 3. The van der Waals surface area contributed by atoms with Gasteiger partial charge >= 0.3 is 0 Å². The van der Waals surface area contributed by atoms with E-state index >= 15 is 0 Å². The van der Waals surface area contributed by atoms with Crippen molar-refractivity contribution in [2.75, 3.05) is 6.61 Å². The molecule has 2 aromatic heterocycles. The van der Waals surface area contributed by atoms with Gasteiger partial charge in [-0.15, -0.1) is 0 Å². The average molecular weight is 456 g/mol. The van der Waals surface area contributed by atoms with Crippen molar-refractivity contribution in [3.8, 4) is 11.9 Å². The van der Waals surface area contributed by atoms with Crippen LogP contribution in [0.4, 0.5) is 8.78 Å². The number of imidazole rings is 1. The molecule has 31 heavy (non-hydrogen) atoms. The average Bonchev–Trinajstić information content (AvgIpc) is 3.37. The lowest BCUT2D eigenvalue weighted by atomic mass is 10.1. The molecule has 1 aromatic carbocycles. The maximum Gasteiger partial charge on any atom is 0.296 e. The highest BCUT2D eigenvalue weighted by Crippen LogP contribution is 2.33. The van der Waals surface area contributed by atoms with Crippen molar-refractivity contribution in [1.82, 2.24) is 15.0 Å². The zero-order chi connectivity index (χ0) is 21.7. The van der Waals surface area contributed by atoms with Crippen molar-refractivity contribution in [1.29, 1.82) is 0 Å². The van der Waals surface area contributed by atoms with E-state index in [4.69, 9.17) is 30.5 Å². The first-order chi connectivity index (χ1) is 14.9. The van der Waals surface area contributed by atoms with Gasteiger partial charge in [-0.05, 0) is 18.2 Å². The third kappa shape index (κ3) is 3.68. The van der Waals surface area contributed by atoms with Crippen LogP contribution in [0.5, 0.6) is 11.9 Å². The standard InChI is InChI=1S/C19H16ClF2N3O6/c20-8-4-11-16(24-17(8)29-5-7-9(21)2-1-3-10(7)22)25-19(23-11)31-15-14-13(30-18(15)27)12(26)6-28-14/h1-4,12-15,18,26-27H,5-6H2,(H,23,24,25)/t12-,13?,14+,15+,18?/m1/s1. The molecule has 2 aliphatic rings. The van der Waals surface area contributed by atoms with Crippen molar-refractivity contribution >= 4 is 22.8 Å². The first-order valence-electron chi connectivity index (χ1n) is 9.32. The van der Waals surface area contributed by atoms with E-state index in [9.17, 15) is 19.0 Å². The fourth-order valence-corrected chi connectivity index (χ4v) is 3.78. The van der Waals surface area contributed by atoms with Crippen LogP contribution in [0.1, 0.15) is 5.56 Å². The molecule has 0 spiro atoms. The smallest absolute Gasteiger partial charge is 0.296 e. The zero-order valence-corrected chi connectivity index (χ0v) is 16.4.